The van der Waals surface area contributed by atoms with Gasteiger partial charge in [-0.3, -0.25) is 24.6 Å². The maximum Gasteiger partial charge on any atom is 0.419 e. The summed E-state index contributed by atoms with van der Waals surface area (Å²) in [5, 5.41) is 10.8. The number of carbonyl (C=O) groups excluding carboxylic acids is 2. The molecule has 0 saturated carbocycles. The summed E-state index contributed by atoms with van der Waals surface area (Å²) in [4.78, 5) is 35.5. The highest BCUT2D eigenvalue weighted by molar-refractivity contribution is 7.89. The first kappa shape index (κ1) is 36.5. The number of amides is 3. The second-order valence-corrected chi connectivity index (χ2v) is 15.5. The summed E-state index contributed by atoms with van der Waals surface area (Å²) in [5.74, 6) is 1.30. The number of ether oxygens (including phenoxy) is 1. The molecule has 3 amide bonds. The number of rotatable bonds is 10. The Morgan fingerprint density at radius 3 is 2.30 bits per heavy atom. The predicted octanol–water partition coefficient (Wildman–Crippen LogP) is 4.35. The number of likely N-dealkylation sites (tertiary alicyclic amines) is 1. The van der Waals surface area contributed by atoms with Gasteiger partial charge in [0.1, 0.15) is 12.4 Å². The second-order valence-electron chi connectivity index (χ2n) is 13.5. The summed E-state index contributed by atoms with van der Waals surface area (Å²) < 4.78 is 74.1. The summed E-state index contributed by atoms with van der Waals surface area (Å²) in [6.45, 7) is 3.80. The van der Waals surface area contributed by atoms with Gasteiger partial charge in [-0.1, -0.05) is 6.07 Å². The van der Waals surface area contributed by atoms with Crippen molar-refractivity contribution < 1.29 is 35.9 Å². The minimum atomic E-state index is -4.52. The van der Waals surface area contributed by atoms with E-state index in [1.165, 1.54) is 14.8 Å². The lowest BCUT2D eigenvalue weighted by atomic mass is 9.89. The Morgan fingerprint density at radius 1 is 0.943 bits per heavy atom. The highest BCUT2D eigenvalue weighted by atomic mass is 32.2. The van der Waals surface area contributed by atoms with Gasteiger partial charge in [0.2, 0.25) is 21.9 Å². The number of imide groups is 1. The van der Waals surface area contributed by atoms with Crippen LogP contribution in [0.1, 0.15) is 49.1 Å². The third kappa shape index (κ3) is 8.08. The van der Waals surface area contributed by atoms with Crippen LogP contribution in [0.15, 0.2) is 59.8 Å². The molecule has 0 bridgehead atoms. The zero-order valence-electron chi connectivity index (χ0n) is 29.1. The molecule has 53 heavy (non-hydrogen) atoms. The van der Waals surface area contributed by atoms with Crippen LogP contribution in [0.3, 0.4) is 0 Å². The smallest absolute Gasteiger partial charge is 0.419 e. The average molecular weight is 756 g/mol. The van der Waals surface area contributed by atoms with Crippen molar-refractivity contribution in [3.8, 4) is 5.75 Å². The van der Waals surface area contributed by atoms with E-state index in [-0.39, 0.29) is 42.3 Å². The van der Waals surface area contributed by atoms with E-state index < -0.39 is 27.8 Å². The molecule has 4 aromatic rings. The van der Waals surface area contributed by atoms with Gasteiger partial charge in [0.25, 0.3) is 0 Å². The number of nitrogens with one attached hydrogen (secondary N) is 2. The molecule has 0 aliphatic carbocycles. The number of urea groups is 1. The van der Waals surface area contributed by atoms with Gasteiger partial charge < -0.3 is 10.1 Å². The Labute approximate surface area is 304 Å². The van der Waals surface area contributed by atoms with Gasteiger partial charge in [0.15, 0.2) is 5.82 Å². The number of halogens is 3. The Balaban J connectivity index is 0.851. The van der Waals surface area contributed by atoms with Gasteiger partial charge in [-0.25, -0.2) is 23.2 Å². The number of benzene rings is 2. The number of alkyl halides is 3. The maximum atomic E-state index is 13.3. The molecule has 282 valence electrons. The van der Waals surface area contributed by atoms with Crippen LogP contribution >= 0.6 is 0 Å². The van der Waals surface area contributed by atoms with Crippen LogP contribution in [-0.4, -0.2) is 101 Å². The summed E-state index contributed by atoms with van der Waals surface area (Å²) >= 11 is 0. The Morgan fingerprint density at radius 2 is 1.64 bits per heavy atom. The maximum absolute atomic E-state index is 13.3. The summed E-state index contributed by atoms with van der Waals surface area (Å²) in [6.07, 6.45) is 0.0340. The fourth-order valence-corrected chi connectivity index (χ4v) is 8.56. The molecule has 0 unspecified atom stereocenters. The first-order valence-electron chi connectivity index (χ1n) is 17.5. The lowest BCUT2D eigenvalue weighted by Crippen LogP contribution is -2.49. The van der Waals surface area contributed by atoms with Gasteiger partial charge >= 0.3 is 12.2 Å². The lowest BCUT2D eigenvalue weighted by molar-refractivity contribution is -0.138. The summed E-state index contributed by atoms with van der Waals surface area (Å²) in [7, 11) is -1.88. The van der Waals surface area contributed by atoms with Crippen molar-refractivity contribution >= 4 is 44.6 Å². The van der Waals surface area contributed by atoms with Gasteiger partial charge in [-0.2, -0.15) is 22.6 Å². The summed E-state index contributed by atoms with van der Waals surface area (Å²) in [5.41, 5.74) is 1.23. The molecule has 3 saturated heterocycles. The number of hydrogen-bond acceptors (Lipinski definition) is 10. The molecule has 2 aromatic carbocycles. The number of carbonyl (C=O) groups is 2. The van der Waals surface area contributed by atoms with Crippen molar-refractivity contribution in [2.75, 3.05) is 56.1 Å². The quantitative estimate of drug-likeness (QED) is 0.239. The van der Waals surface area contributed by atoms with E-state index in [1.807, 2.05) is 13.1 Å². The third-order valence-electron chi connectivity index (χ3n) is 10.1. The highest BCUT2D eigenvalue weighted by Gasteiger charge is 2.33. The standard InChI is InChI=1S/C35H40F3N9O5S/c1-44-30-20-24(2-7-29(30)32(43-44)47-17-12-31(48)42-34(47)49)23-8-13-45(14-9-23)18-19-52-27-3-5-28(6-4-27)53(50,51)46-15-10-26(11-16-46)41-33-39-21-25(22-40-33)35(36,37)38/h2-7,20-23,26H,8-19H2,1H3,(H,39,40,41)(H,42,48,49). The minimum Gasteiger partial charge on any atom is -0.492 e. The molecule has 7 rings (SSSR count). The van der Waals surface area contributed by atoms with Crippen LogP contribution in [0, 0.1) is 0 Å². The van der Waals surface area contributed by atoms with Crippen LogP contribution in [-0.2, 0) is 28.0 Å². The van der Waals surface area contributed by atoms with Gasteiger partial charge in [0.05, 0.1) is 16.0 Å². The van der Waals surface area contributed by atoms with E-state index in [4.69, 9.17) is 4.74 Å². The number of fused-ring (bicyclic) bond motifs is 1. The largest absolute Gasteiger partial charge is 0.492 e. The van der Waals surface area contributed by atoms with Crippen molar-refractivity contribution in [3.05, 3.63) is 66.0 Å². The van der Waals surface area contributed by atoms with E-state index in [0.29, 0.717) is 43.5 Å². The zero-order chi connectivity index (χ0) is 37.3. The van der Waals surface area contributed by atoms with Crippen molar-refractivity contribution in [3.63, 3.8) is 0 Å². The molecule has 5 heterocycles. The van der Waals surface area contributed by atoms with Crippen LogP contribution in [0.4, 0.5) is 29.7 Å². The SMILES string of the molecule is Cn1nc(N2CCC(=O)NC2=O)c2ccc(C3CCN(CCOc4ccc(S(=O)(=O)N5CCC(Nc6ncc(C(F)(F)F)cn6)CC5)cc4)CC3)cc21. The predicted molar refractivity (Wildman–Crippen MR) is 189 cm³/mol. The normalized spacial score (nSPS) is 18.8. The fourth-order valence-electron chi connectivity index (χ4n) is 7.09. The van der Waals surface area contributed by atoms with Crippen LogP contribution in [0.2, 0.25) is 0 Å². The number of hydrogen-bond donors (Lipinski definition) is 2. The number of piperidine rings is 2. The molecule has 3 aliphatic heterocycles. The van der Waals surface area contributed by atoms with Crippen molar-refractivity contribution in [1.82, 2.24) is 34.3 Å². The fraction of sp³-hybridized carbons (Fsp3) is 0.457. The molecule has 3 fully saturated rings. The Hall–Kier alpha value is -4.81. The molecule has 18 heteroatoms. The van der Waals surface area contributed by atoms with Crippen LogP contribution in [0.25, 0.3) is 10.9 Å². The molecular weight excluding hydrogens is 716 g/mol. The molecule has 14 nitrogen and oxygen atoms in total. The number of aryl methyl sites for hydroxylation is 1. The average Bonchev–Trinajstić information content (AvgIpc) is 3.47. The van der Waals surface area contributed by atoms with E-state index in [9.17, 15) is 31.2 Å². The number of anilines is 2. The molecular formula is C35H40F3N9O5S. The number of sulfonamides is 1. The number of aromatic nitrogens is 4. The van der Waals surface area contributed by atoms with E-state index in [0.717, 1.165) is 55.8 Å². The summed E-state index contributed by atoms with van der Waals surface area (Å²) in [6, 6.07) is 12.0. The van der Waals surface area contributed by atoms with Crippen molar-refractivity contribution in [2.45, 2.75) is 55.1 Å². The van der Waals surface area contributed by atoms with Gasteiger partial charge in [-0.15, -0.1) is 0 Å². The monoisotopic (exact) mass is 755 g/mol. The van der Waals surface area contributed by atoms with Crippen LogP contribution in [0.5, 0.6) is 5.75 Å². The van der Waals surface area contributed by atoms with Gasteiger partial charge in [-0.05, 0) is 86.7 Å². The lowest BCUT2D eigenvalue weighted by Gasteiger charge is -2.32. The Bertz CT molecular complexity index is 2060. The minimum absolute atomic E-state index is 0.0710. The highest BCUT2D eigenvalue weighted by Crippen LogP contribution is 2.34. The number of nitrogens with zero attached hydrogens (tertiary/aromatic N) is 7. The van der Waals surface area contributed by atoms with Gasteiger partial charge in [0, 0.05) is 63.5 Å². The topological polar surface area (TPSA) is 155 Å². The molecule has 0 atom stereocenters. The zero-order valence-corrected chi connectivity index (χ0v) is 29.9. The molecule has 3 aliphatic rings. The Kier molecular flexibility index (Phi) is 10.3. The second kappa shape index (κ2) is 14.9. The molecule has 0 radical (unpaired) electrons. The van der Waals surface area contributed by atoms with Crippen LogP contribution < -0.4 is 20.3 Å². The van der Waals surface area contributed by atoms with Crippen molar-refractivity contribution in [1.29, 1.82) is 0 Å². The molecule has 2 N–H and O–H groups in total. The van der Waals surface area contributed by atoms with E-state index in [1.54, 1.807) is 28.9 Å². The first-order chi connectivity index (χ1) is 25.3. The molecule has 0 spiro atoms. The third-order valence-corrected chi connectivity index (χ3v) is 12.0. The first-order valence-corrected chi connectivity index (χ1v) is 19.0. The van der Waals surface area contributed by atoms with E-state index in [2.05, 4.69) is 42.7 Å². The molecule has 2 aromatic heterocycles. The van der Waals surface area contributed by atoms with Crippen molar-refractivity contribution in [2.24, 2.45) is 7.05 Å². The van der Waals surface area contributed by atoms with E-state index >= 15 is 0 Å².